The second-order valence-corrected chi connectivity index (χ2v) is 4.53. The zero-order valence-electron chi connectivity index (χ0n) is 10.0. The molecular formula is C14H21NO. The Hall–Kier alpha value is -0.860. The van der Waals surface area contributed by atoms with Gasteiger partial charge in [-0.05, 0) is 30.4 Å². The third-order valence-electron chi connectivity index (χ3n) is 2.78. The van der Waals surface area contributed by atoms with E-state index in [1.807, 2.05) is 0 Å². The molecule has 1 saturated carbocycles. The van der Waals surface area contributed by atoms with E-state index in [1.54, 1.807) is 0 Å². The lowest BCUT2D eigenvalue weighted by Crippen LogP contribution is -2.15. The van der Waals surface area contributed by atoms with Crippen molar-refractivity contribution in [3.05, 3.63) is 35.4 Å². The first-order chi connectivity index (χ1) is 7.88. The van der Waals surface area contributed by atoms with Crippen molar-refractivity contribution in [3.63, 3.8) is 0 Å². The van der Waals surface area contributed by atoms with Gasteiger partial charge < -0.3 is 10.1 Å². The largest absolute Gasteiger partial charge is 0.377 e. The standard InChI is InChI=1S/C14H21NO/c1-2-8-16-11-13-5-3-4-12(9-13)10-15-14-6-7-14/h3-5,9,14-15H,2,6-8,10-11H2,1H3. The van der Waals surface area contributed by atoms with E-state index in [-0.39, 0.29) is 0 Å². The summed E-state index contributed by atoms with van der Waals surface area (Å²) in [5.41, 5.74) is 2.65. The third kappa shape index (κ3) is 3.95. The maximum Gasteiger partial charge on any atom is 0.0716 e. The molecule has 0 heterocycles. The van der Waals surface area contributed by atoms with E-state index in [1.165, 1.54) is 24.0 Å². The lowest BCUT2D eigenvalue weighted by Gasteiger charge is -2.06. The molecule has 0 bridgehead atoms. The van der Waals surface area contributed by atoms with Gasteiger partial charge in [-0.25, -0.2) is 0 Å². The molecule has 1 aliphatic rings. The van der Waals surface area contributed by atoms with Crippen LogP contribution in [0.2, 0.25) is 0 Å². The predicted octanol–water partition coefficient (Wildman–Crippen LogP) is 2.87. The van der Waals surface area contributed by atoms with E-state index in [2.05, 4.69) is 36.5 Å². The van der Waals surface area contributed by atoms with Gasteiger partial charge in [-0.3, -0.25) is 0 Å². The van der Waals surface area contributed by atoms with Gasteiger partial charge >= 0.3 is 0 Å². The topological polar surface area (TPSA) is 21.3 Å². The fourth-order valence-electron chi connectivity index (χ4n) is 1.71. The van der Waals surface area contributed by atoms with Crippen LogP contribution in [0.3, 0.4) is 0 Å². The Morgan fingerprint density at radius 1 is 1.31 bits per heavy atom. The van der Waals surface area contributed by atoms with Crippen LogP contribution in [0.4, 0.5) is 0 Å². The molecule has 2 nitrogen and oxygen atoms in total. The zero-order valence-corrected chi connectivity index (χ0v) is 10.0. The molecule has 2 rings (SSSR count). The van der Waals surface area contributed by atoms with Crippen LogP contribution in [0, 0.1) is 0 Å². The highest BCUT2D eigenvalue weighted by molar-refractivity contribution is 5.23. The highest BCUT2D eigenvalue weighted by atomic mass is 16.5. The molecule has 88 valence electrons. The lowest BCUT2D eigenvalue weighted by molar-refractivity contribution is 0.121. The fraction of sp³-hybridized carbons (Fsp3) is 0.571. The molecule has 1 aromatic carbocycles. The van der Waals surface area contributed by atoms with E-state index in [4.69, 9.17) is 4.74 Å². The zero-order chi connectivity index (χ0) is 11.2. The highest BCUT2D eigenvalue weighted by Gasteiger charge is 2.19. The lowest BCUT2D eigenvalue weighted by atomic mass is 10.1. The molecule has 0 radical (unpaired) electrons. The summed E-state index contributed by atoms with van der Waals surface area (Å²) in [5.74, 6) is 0. The summed E-state index contributed by atoms with van der Waals surface area (Å²) >= 11 is 0. The van der Waals surface area contributed by atoms with E-state index in [9.17, 15) is 0 Å². The Kier molecular flexibility index (Phi) is 4.37. The van der Waals surface area contributed by atoms with Crippen molar-refractivity contribution >= 4 is 0 Å². The van der Waals surface area contributed by atoms with Crippen molar-refractivity contribution in [2.24, 2.45) is 0 Å². The van der Waals surface area contributed by atoms with Gasteiger partial charge in [0, 0.05) is 19.2 Å². The van der Waals surface area contributed by atoms with Crippen LogP contribution in [0.5, 0.6) is 0 Å². The van der Waals surface area contributed by atoms with Crippen LogP contribution in [0.25, 0.3) is 0 Å². The molecule has 1 N–H and O–H groups in total. The first-order valence-electron chi connectivity index (χ1n) is 6.27. The molecule has 1 aliphatic carbocycles. The van der Waals surface area contributed by atoms with Crippen molar-refractivity contribution in [2.75, 3.05) is 6.61 Å². The van der Waals surface area contributed by atoms with Crippen LogP contribution in [-0.4, -0.2) is 12.6 Å². The monoisotopic (exact) mass is 219 g/mol. The number of ether oxygens (including phenoxy) is 1. The van der Waals surface area contributed by atoms with Gasteiger partial charge in [-0.2, -0.15) is 0 Å². The van der Waals surface area contributed by atoms with Gasteiger partial charge in [-0.15, -0.1) is 0 Å². The summed E-state index contributed by atoms with van der Waals surface area (Å²) in [7, 11) is 0. The number of nitrogens with one attached hydrogen (secondary N) is 1. The summed E-state index contributed by atoms with van der Waals surface area (Å²) in [6.07, 6.45) is 3.78. The molecule has 0 spiro atoms. The highest BCUT2D eigenvalue weighted by Crippen LogP contribution is 2.19. The van der Waals surface area contributed by atoms with Crippen molar-refractivity contribution in [1.82, 2.24) is 5.32 Å². The normalized spacial score (nSPS) is 15.3. The summed E-state index contributed by atoms with van der Waals surface area (Å²) in [6.45, 7) is 4.72. The minimum atomic E-state index is 0.741. The van der Waals surface area contributed by atoms with Crippen LogP contribution >= 0.6 is 0 Å². The number of benzene rings is 1. The van der Waals surface area contributed by atoms with Crippen molar-refractivity contribution < 1.29 is 4.74 Å². The summed E-state index contributed by atoms with van der Waals surface area (Å²) in [5, 5.41) is 3.53. The average molecular weight is 219 g/mol. The van der Waals surface area contributed by atoms with Crippen LogP contribution in [-0.2, 0) is 17.9 Å². The van der Waals surface area contributed by atoms with Gasteiger partial charge in [0.05, 0.1) is 6.61 Å². The maximum atomic E-state index is 5.54. The Labute approximate surface area is 98.0 Å². The Bertz CT molecular complexity index is 320. The number of hydrogen-bond acceptors (Lipinski definition) is 2. The minimum Gasteiger partial charge on any atom is -0.377 e. The molecule has 0 atom stereocenters. The smallest absolute Gasteiger partial charge is 0.0716 e. The fourth-order valence-corrected chi connectivity index (χ4v) is 1.71. The molecule has 0 amide bonds. The molecule has 0 saturated heterocycles. The first kappa shape index (κ1) is 11.6. The Morgan fingerprint density at radius 2 is 2.12 bits per heavy atom. The van der Waals surface area contributed by atoms with Gasteiger partial charge in [0.2, 0.25) is 0 Å². The number of hydrogen-bond donors (Lipinski definition) is 1. The second kappa shape index (κ2) is 6.02. The molecule has 0 aliphatic heterocycles. The van der Waals surface area contributed by atoms with Crippen molar-refractivity contribution in [2.45, 2.75) is 45.4 Å². The molecule has 1 fully saturated rings. The SMILES string of the molecule is CCCOCc1cccc(CNC2CC2)c1. The van der Waals surface area contributed by atoms with Crippen LogP contribution < -0.4 is 5.32 Å². The molecule has 2 heteroatoms. The van der Waals surface area contributed by atoms with Gasteiger partial charge in [-0.1, -0.05) is 31.2 Å². The molecule has 0 aromatic heterocycles. The van der Waals surface area contributed by atoms with Crippen LogP contribution in [0.15, 0.2) is 24.3 Å². The van der Waals surface area contributed by atoms with E-state index in [0.29, 0.717) is 0 Å². The Balaban J connectivity index is 1.80. The van der Waals surface area contributed by atoms with Crippen molar-refractivity contribution in [1.29, 1.82) is 0 Å². The average Bonchev–Trinajstić information content (AvgIpc) is 3.11. The summed E-state index contributed by atoms with van der Waals surface area (Å²) < 4.78 is 5.54. The quantitative estimate of drug-likeness (QED) is 0.712. The van der Waals surface area contributed by atoms with E-state index >= 15 is 0 Å². The van der Waals surface area contributed by atoms with Gasteiger partial charge in [0.25, 0.3) is 0 Å². The number of rotatable bonds is 7. The summed E-state index contributed by atoms with van der Waals surface area (Å²) in [6, 6.07) is 9.45. The van der Waals surface area contributed by atoms with E-state index in [0.717, 1.165) is 32.2 Å². The van der Waals surface area contributed by atoms with Gasteiger partial charge in [0.1, 0.15) is 0 Å². The van der Waals surface area contributed by atoms with E-state index < -0.39 is 0 Å². The molecule has 0 unspecified atom stereocenters. The molecule has 16 heavy (non-hydrogen) atoms. The van der Waals surface area contributed by atoms with Gasteiger partial charge in [0.15, 0.2) is 0 Å². The molecular weight excluding hydrogens is 198 g/mol. The predicted molar refractivity (Wildman–Crippen MR) is 66.3 cm³/mol. The third-order valence-corrected chi connectivity index (χ3v) is 2.78. The second-order valence-electron chi connectivity index (χ2n) is 4.53. The maximum absolute atomic E-state index is 5.54. The first-order valence-corrected chi connectivity index (χ1v) is 6.27. The summed E-state index contributed by atoms with van der Waals surface area (Å²) in [4.78, 5) is 0. The Morgan fingerprint density at radius 3 is 2.88 bits per heavy atom. The van der Waals surface area contributed by atoms with Crippen LogP contribution in [0.1, 0.15) is 37.3 Å². The molecule has 1 aromatic rings. The minimum absolute atomic E-state index is 0.741. The van der Waals surface area contributed by atoms with Crippen molar-refractivity contribution in [3.8, 4) is 0 Å².